The molecule has 1 aromatic carbocycles. The lowest BCUT2D eigenvalue weighted by Gasteiger charge is -2.18. The van der Waals surface area contributed by atoms with Gasteiger partial charge in [-0.2, -0.15) is 5.10 Å². The van der Waals surface area contributed by atoms with Gasteiger partial charge in [-0.25, -0.2) is 0 Å². The fourth-order valence-electron chi connectivity index (χ4n) is 2.90. The van der Waals surface area contributed by atoms with Gasteiger partial charge in [-0.15, -0.1) is 0 Å². The molecule has 0 radical (unpaired) electrons. The van der Waals surface area contributed by atoms with E-state index in [1.54, 1.807) is 0 Å². The molecule has 1 aliphatic carbocycles. The lowest BCUT2D eigenvalue weighted by atomic mass is 10.2. The quantitative estimate of drug-likeness (QED) is 0.894. The van der Waals surface area contributed by atoms with Crippen molar-refractivity contribution in [2.45, 2.75) is 44.7 Å². The summed E-state index contributed by atoms with van der Waals surface area (Å²) in [6, 6.07) is 9.55. The molecule has 1 saturated carbocycles. The molecular weight excluding hydrogens is 222 g/mol. The molecule has 1 unspecified atom stereocenters. The first-order valence-corrected chi connectivity index (χ1v) is 7.00. The minimum absolute atomic E-state index is 0.408. The van der Waals surface area contributed by atoms with Crippen LogP contribution in [0, 0.1) is 0 Å². The number of para-hydroxylation sites is 1. The summed E-state index contributed by atoms with van der Waals surface area (Å²) in [6.45, 7) is 3.25. The summed E-state index contributed by atoms with van der Waals surface area (Å²) < 4.78 is 2.14. The fourth-order valence-corrected chi connectivity index (χ4v) is 2.90. The molecule has 96 valence electrons. The number of hydrogen-bond donors (Lipinski definition) is 1. The van der Waals surface area contributed by atoms with Gasteiger partial charge in [-0.05, 0) is 25.8 Å². The number of nitrogens with zero attached hydrogens (tertiary/aromatic N) is 2. The first-order chi connectivity index (χ1) is 8.84. The molecule has 18 heavy (non-hydrogen) atoms. The van der Waals surface area contributed by atoms with Crippen LogP contribution in [0.2, 0.25) is 0 Å². The van der Waals surface area contributed by atoms with Crippen molar-refractivity contribution in [2.75, 3.05) is 6.54 Å². The molecule has 1 fully saturated rings. The summed E-state index contributed by atoms with van der Waals surface area (Å²) in [5, 5.41) is 9.42. The number of aromatic nitrogens is 2. The molecule has 1 N–H and O–H groups in total. The molecular formula is C15H21N3. The summed E-state index contributed by atoms with van der Waals surface area (Å²) in [4.78, 5) is 0. The van der Waals surface area contributed by atoms with Crippen molar-refractivity contribution in [3.63, 3.8) is 0 Å². The third kappa shape index (κ3) is 2.27. The summed E-state index contributed by atoms with van der Waals surface area (Å²) in [5.74, 6) is 0. The second-order valence-electron chi connectivity index (χ2n) is 5.39. The van der Waals surface area contributed by atoms with E-state index >= 15 is 0 Å². The van der Waals surface area contributed by atoms with Gasteiger partial charge >= 0.3 is 0 Å². The lowest BCUT2D eigenvalue weighted by Crippen LogP contribution is -2.31. The van der Waals surface area contributed by atoms with Crippen LogP contribution in [0.5, 0.6) is 0 Å². The number of fused-ring (bicyclic) bond motifs is 1. The smallest absolute Gasteiger partial charge is 0.0686 e. The maximum atomic E-state index is 4.52. The van der Waals surface area contributed by atoms with Crippen molar-refractivity contribution >= 4 is 10.9 Å². The Hall–Kier alpha value is -1.35. The largest absolute Gasteiger partial charge is 0.312 e. The molecule has 0 spiro atoms. The Morgan fingerprint density at radius 1 is 1.33 bits per heavy atom. The molecule has 1 atom stereocenters. The minimum Gasteiger partial charge on any atom is -0.312 e. The molecule has 2 aromatic rings. The molecule has 3 nitrogen and oxygen atoms in total. The highest BCUT2D eigenvalue weighted by Gasteiger charge is 2.16. The van der Waals surface area contributed by atoms with Crippen LogP contribution in [0.3, 0.4) is 0 Å². The molecule has 3 rings (SSSR count). The van der Waals surface area contributed by atoms with Gasteiger partial charge < -0.3 is 5.32 Å². The van der Waals surface area contributed by atoms with E-state index in [0.717, 1.165) is 12.6 Å². The van der Waals surface area contributed by atoms with Crippen LogP contribution in [0.15, 0.2) is 30.5 Å². The van der Waals surface area contributed by atoms with Gasteiger partial charge in [0.1, 0.15) is 0 Å². The number of nitrogens with one attached hydrogen (secondary N) is 1. The van der Waals surface area contributed by atoms with Crippen molar-refractivity contribution < 1.29 is 0 Å². The highest BCUT2D eigenvalue weighted by molar-refractivity contribution is 5.78. The van der Waals surface area contributed by atoms with Crippen LogP contribution in [0.25, 0.3) is 10.9 Å². The predicted octanol–water partition coefficient (Wildman–Crippen LogP) is 3.13. The van der Waals surface area contributed by atoms with Gasteiger partial charge in [0.25, 0.3) is 0 Å². The Morgan fingerprint density at radius 2 is 2.11 bits per heavy atom. The standard InChI is InChI=1S/C15H21N3/c1-12(10-16-14-7-3-4-8-14)18-15-9-5-2-6-13(15)11-17-18/h2,5-6,9,11-12,14,16H,3-4,7-8,10H2,1H3. The van der Waals surface area contributed by atoms with Crippen LogP contribution in [0.4, 0.5) is 0 Å². The van der Waals surface area contributed by atoms with Gasteiger partial charge in [0.2, 0.25) is 0 Å². The van der Waals surface area contributed by atoms with Gasteiger partial charge in [-0.3, -0.25) is 4.68 Å². The molecule has 0 amide bonds. The maximum Gasteiger partial charge on any atom is 0.0686 e. The van der Waals surface area contributed by atoms with E-state index < -0.39 is 0 Å². The highest BCUT2D eigenvalue weighted by Crippen LogP contribution is 2.20. The molecule has 3 heteroatoms. The molecule has 1 heterocycles. The third-order valence-corrected chi connectivity index (χ3v) is 3.98. The molecule has 1 aromatic heterocycles. The van der Waals surface area contributed by atoms with E-state index in [1.165, 1.54) is 36.6 Å². The monoisotopic (exact) mass is 243 g/mol. The lowest BCUT2D eigenvalue weighted by molar-refractivity contribution is 0.423. The minimum atomic E-state index is 0.408. The summed E-state index contributed by atoms with van der Waals surface area (Å²) in [5.41, 5.74) is 1.23. The summed E-state index contributed by atoms with van der Waals surface area (Å²) in [7, 11) is 0. The van der Waals surface area contributed by atoms with Gasteiger partial charge in [0, 0.05) is 18.0 Å². The van der Waals surface area contributed by atoms with E-state index in [9.17, 15) is 0 Å². The van der Waals surface area contributed by atoms with Crippen LogP contribution in [-0.4, -0.2) is 22.4 Å². The zero-order valence-electron chi connectivity index (χ0n) is 11.0. The number of hydrogen-bond acceptors (Lipinski definition) is 2. The Morgan fingerprint density at radius 3 is 2.94 bits per heavy atom. The van der Waals surface area contributed by atoms with Crippen molar-refractivity contribution in [3.8, 4) is 0 Å². The average molecular weight is 243 g/mol. The zero-order chi connectivity index (χ0) is 12.4. The van der Waals surface area contributed by atoms with Crippen LogP contribution < -0.4 is 5.32 Å². The van der Waals surface area contributed by atoms with E-state index in [0.29, 0.717) is 6.04 Å². The Balaban J connectivity index is 1.69. The average Bonchev–Trinajstić information content (AvgIpc) is 3.05. The predicted molar refractivity (Wildman–Crippen MR) is 74.7 cm³/mol. The number of rotatable bonds is 4. The summed E-state index contributed by atoms with van der Waals surface area (Å²) in [6.07, 6.45) is 7.41. The molecule has 0 saturated heterocycles. The van der Waals surface area contributed by atoms with Crippen LogP contribution in [0.1, 0.15) is 38.6 Å². The SMILES string of the molecule is CC(CNC1CCCC1)n1ncc2ccccc21. The van der Waals surface area contributed by atoms with E-state index in [1.807, 2.05) is 6.20 Å². The number of benzene rings is 1. The zero-order valence-corrected chi connectivity index (χ0v) is 11.0. The van der Waals surface area contributed by atoms with Crippen LogP contribution in [-0.2, 0) is 0 Å². The Bertz CT molecular complexity index is 511. The van der Waals surface area contributed by atoms with Crippen molar-refractivity contribution in [2.24, 2.45) is 0 Å². The molecule has 0 aliphatic heterocycles. The Labute approximate surface area is 108 Å². The van der Waals surface area contributed by atoms with Gasteiger partial charge in [0.15, 0.2) is 0 Å². The van der Waals surface area contributed by atoms with Crippen molar-refractivity contribution in [3.05, 3.63) is 30.5 Å². The normalized spacial score (nSPS) is 18.5. The van der Waals surface area contributed by atoms with Crippen molar-refractivity contribution in [1.29, 1.82) is 0 Å². The van der Waals surface area contributed by atoms with E-state index in [-0.39, 0.29) is 0 Å². The molecule has 1 aliphatic rings. The first-order valence-electron chi connectivity index (χ1n) is 7.00. The highest BCUT2D eigenvalue weighted by atomic mass is 15.3. The van der Waals surface area contributed by atoms with Crippen LogP contribution >= 0.6 is 0 Å². The van der Waals surface area contributed by atoms with E-state index in [2.05, 4.69) is 46.3 Å². The topological polar surface area (TPSA) is 29.9 Å². The second-order valence-corrected chi connectivity index (χ2v) is 5.39. The summed E-state index contributed by atoms with van der Waals surface area (Å²) >= 11 is 0. The fraction of sp³-hybridized carbons (Fsp3) is 0.533. The Kier molecular flexibility index (Phi) is 3.33. The van der Waals surface area contributed by atoms with Crippen molar-refractivity contribution in [1.82, 2.24) is 15.1 Å². The van der Waals surface area contributed by atoms with E-state index in [4.69, 9.17) is 0 Å². The first kappa shape index (κ1) is 11.7. The third-order valence-electron chi connectivity index (χ3n) is 3.98. The maximum absolute atomic E-state index is 4.52. The molecule has 0 bridgehead atoms. The van der Waals surface area contributed by atoms with Gasteiger partial charge in [-0.1, -0.05) is 31.0 Å². The van der Waals surface area contributed by atoms with Gasteiger partial charge in [0.05, 0.1) is 17.8 Å². The second kappa shape index (κ2) is 5.11.